The van der Waals surface area contributed by atoms with E-state index in [1.54, 1.807) is 0 Å². The Bertz CT molecular complexity index is 1110. The van der Waals surface area contributed by atoms with Crippen molar-refractivity contribution in [1.29, 1.82) is 0 Å². The minimum Gasteiger partial charge on any atom is -0.299 e. The summed E-state index contributed by atoms with van der Waals surface area (Å²) in [4.78, 5) is 4.81. The molecule has 3 nitrogen and oxygen atoms in total. The van der Waals surface area contributed by atoms with Crippen LogP contribution in [0.5, 0.6) is 0 Å². The number of aryl methyl sites for hydroxylation is 2. The molecule has 0 bridgehead atoms. The summed E-state index contributed by atoms with van der Waals surface area (Å²) in [6, 6.07) is 15.1. The average Bonchev–Trinajstić information content (AvgIpc) is 2.94. The minimum atomic E-state index is 0.265. The molecular formula is C23H26N3+. The molecule has 0 atom stereocenters. The zero-order valence-electron chi connectivity index (χ0n) is 16.2. The lowest BCUT2D eigenvalue weighted by atomic mass is 9.88. The van der Waals surface area contributed by atoms with E-state index in [0.717, 1.165) is 17.6 Å². The van der Waals surface area contributed by atoms with Crippen LogP contribution in [0.25, 0.3) is 27.9 Å². The first kappa shape index (κ1) is 16.8. The van der Waals surface area contributed by atoms with Gasteiger partial charge < -0.3 is 0 Å². The van der Waals surface area contributed by atoms with Gasteiger partial charge in [0.1, 0.15) is 12.7 Å². The van der Waals surface area contributed by atoms with Crippen molar-refractivity contribution in [3.05, 3.63) is 66.0 Å². The summed E-state index contributed by atoms with van der Waals surface area (Å²) in [5, 5.41) is 0. The Morgan fingerprint density at radius 2 is 1.88 bits per heavy atom. The smallest absolute Gasteiger partial charge is 0.215 e. The number of pyridine rings is 2. The van der Waals surface area contributed by atoms with E-state index in [2.05, 4.69) is 92.5 Å². The van der Waals surface area contributed by atoms with Gasteiger partial charge in [-0.15, -0.1) is 0 Å². The van der Waals surface area contributed by atoms with E-state index < -0.39 is 0 Å². The van der Waals surface area contributed by atoms with Gasteiger partial charge in [-0.05, 0) is 48.1 Å². The highest BCUT2D eigenvalue weighted by molar-refractivity contribution is 5.95. The molecule has 3 heterocycles. The Morgan fingerprint density at radius 1 is 1.08 bits per heavy atom. The Balaban J connectivity index is 2.02. The lowest BCUT2D eigenvalue weighted by Gasteiger charge is -2.18. The number of fused-ring (bicyclic) bond motifs is 3. The van der Waals surface area contributed by atoms with Gasteiger partial charge in [0, 0.05) is 18.3 Å². The Kier molecular flexibility index (Phi) is 3.83. The van der Waals surface area contributed by atoms with Crippen molar-refractivity contribution >= 4 is 16.7 Å². The third-order valence-electron chi connectivity index (χ3n) is 4.88. The van der Waals surface area contributed by atoms with Crippen molar-refractivity contribution in [3.8, 4) is 11.3 Å². The molecule has 3 heteroatoms. The molecule has 0 aliphatic heterocycles. The maximum atomic E-state index is 4.81. The molecule has 3 aromatic heterocycles. The molecule has 0 saturated heterocycles. The van der Waals surface area contributed by atoms with Crippen molar-refractivity contribution in [2.24, 2.45) is 12.5 Å². The lowest BCUT2D eigenvalue weighted by Crippen LogP contribution is -2.31. The van der Waals surface area contributed by atoms with Gasteiger partial charge in [-0.2, -0.15) is 0 Å². The maximum absolute atomic E-state index is 4.81. The van der Waals surface area contributed by atoms with Gasteiger partial charge in [0.2, 0.25) is 5.69 Å². The topological polar surface area (TPSA) is 21.2 Å². The molecule has 4 aromatic rings. The largest absolute Gasteiger partial charge is 0.299 e. The third-order valence-corrected chi connectivity index (χ3v) is 4.88. The van der Waals surface area contributed by atoms with E-state index >= 15 is 0 Å². The summed E-state index contributed by atoms with van der Waals surface area (Å²) in [7, 11) is 2.12. The molecule has 0 aliphatic carbocycles. The average molecular weight is 344 g/mol. The van der Waals surface area contributed by atoms with Crippen molar-refractivity contribution in [2.75, 3.05) is 0 Å². The summed E-state index contributed by atoms with van der Waals surface area (Å²) < 4.78 is 4.42. The quantitative estimate of drug-likeness (QED) is 0.475. The van der Waals surface area contributed by atoms with Crippen LogP contribution in [0.2, 0.25) is 0 Å². The number of hydrogen-bond acceptors (Lipinski definition) is 1. The first-order chi connectivity index (χ1) is 12.3. The van der Waals surface area contributed by atoms with Gasteiger partial charge in [-0.25, -0.2) is 9.55 Å². The molecule has 4 rings (SSSR count). The maximum Gasteiger partial charge on any atom is 0.215 e. The van der Waals surface area contributed by atoms with Crippen molar-refractivity contribution < 1.29 is 4.57 Å². The molecule has 0 aliphatic rings. The van der Waals surface area contributed by atoms with E-state index in [4.69, 9.17) is 4.98 Å². The van der Waals surface area contributed by atoms with Crippen LogP contribution < -0.4 is 4.57 Å². The molecule has 1 aromatic carbocycles. The van der Waals surface area contributed by atoms with E-state index in [-0.39, 0.29) is 5.41 Å². The summed E-state index contributed by atoms with van der Waals surface area (Å²) >= 11 is 0. The Hall–Kier alpha value is -2.68. The Labute approximate surface area is 154 Å². The minimum absolute atomic E-state index is 0.265. The van der Waals surface area contributed by atoms with Crippen LogP contribution in [0.1, 0.15) is 31.9 Å². The highest BCUT2D eigenvalue weighted by Gasteiger charge is 2.21. The predicted molar refractivity (Wildman–Crippen MR) is 107 cm³/mol. The second-order valence-electron chi connectivity index (χ2n) is 8.43. The van der Waals surface area contributed by atoms with E-state index in [9.17, 15) is 0 Å². The number of imidazole rings is 1. The fourth-order valence-corrected chi connectivity index (χ4v) is 3.76. The number of hydrogen-bond donors (Lipinski definition) is 0. The molecule has 0 spiro atoms. The molecule has 0 saturated carbocycles. The van der Waals surface area contributed by atoms with Gasteiger partial charge in [0.25, 0.3) is 0 Å². The number of nitrogens with zero attached hydrogens (tertiary/aromatic N) is 3. The third kappa shape index (κ3) is 2.88. The molecule has 0 radical (unpaired) electrons. The molecule has 132 valence electrons. The number of rotatable bonds is 2. The van der Waals surface area contributed by atoms with Crippen molar-refractivity contribution in [1.82, 2.24) is 9.38 Å². The normalized spacial score (nSPS) is 12.2. The van der Waals surface area contributed by atoms with Crippen molar-refractivity contribution in [3.63, 3.8) is 0 Å². The summed E-state index contributed by atoms with van der Waals surface area (Å²) in [6.07, 6.45) is 5.34. The number of aromatic nitrogens is 3. The standard InChI is InChI=1S/C23H26N3/c1-16-9-10-18-22(26-12-7-6-8-20(26)24-18)21(16)19-14-17(11-13-25(19)5)15-23(2,3)4/h6-14H,15H2,1-5H3/q+1. The van der Waals surface area contributed by atoms with Crippen molar-refractivity contribution in [2.45, 2.75) is 34.1 Å². The molecule has 0 fully saturated rings. The van der Waals surface area contributed by atoms with Gasteiger partial charge in [0.05, 0.1) is 16.6 Å². The fourth-order valence-electron chi connectivity index (χ4n) is 3.76. The van der Waals surface area contributed by atoms with E-state index in [1.165, 1.54) is 27.9 Å². The predicted octanol–water partition coefficient (Wildman–Crippen LogP) is 4.88. The molecule has 26 heavy (non-hydrogen) atoms. The summed E-state index contributed by atoms with van der Waals surface area (Å²) in [5.41, 5.74) is 8.62. The van der Waals surface area contributed by atoms with Crippen LogP contribution in [0.3, 0.4) is 0 Å². The fraction of sp³-hybridized carbons (Fsp3) is 0.304. The van der Waals surface area contributed by atoms with Gasteiger partial charge >= 0.3 is 0 Å². The second kappa shape index (κ2) is 5.94. The molecule has 0 unspecified atom stereocenters. The number of benzene rings is 1. The monoisotopic (exact) mass is 344 g/mol. The first-order valence-corrected chi connectivity index (χ1v) is 9.19. The SMILES string of the molecule is Cc1ccc2nc3ccccn3c2c1-c1cc(CC(C)(C)C)cc[n+]1C. The van der Waals surface area contributed by atoms with Crippen LogP contribution in [-0.4, -0.2) is 9.38 Å². The molecule has 0 N–H and O–H groups in total. The Morgan fingerprint density at radius 3 is 2.65 bits per heavy atom. The zero-order valence-corrected chi connectivity index (χ0v) is 16.2. The highest BCUT2D eigenvalue weighted by Crippen LogP contribution is 2.32. The van der Waals surface area contributed by atoms with Gasteiger partial charge in [-0.1, -0.05) is 32.9 Å². The van der Waals surface area contributed by atoms with Crippen LogP contribution in [0.4, 0.5) is 0 Å². The lowest BCUT2D eigenvalue weighted by molar-refractivity contribution is -0.660. The van der Waals surface area contributed by atoms with Crippen LogP contribution in [-0.2, 0) is 13.5 Å². The molecule has 0 amide bonds. The van der Waals surface area contributed by atoms with E-state index in [0.29, 0.717) is 0 Å². The van der Waals surface area contributed by atoms with Gasteiger partial charge in [0.15, 0.2) is 6.20 Å². The summed E-state index contributed by atoms with van der Waals surface area (Å²) in [5.74, 6) is 0. The van der Waals surface area contributed by atoms with Crippen LogP contribution >= 0.6 is 0 Å². The zero-order chi connectivity index (χ0) is 18.5. The van der Waals surface area contributed by atoms with Crippen LogP contribution in [0, 0.1) is 12.3 Å². The second-order valence-corrected chi connectivity index (χ2v) is 8.43. The van der Waals surface area contributed by atoms with E-state index in [1.807, 2.05) is 6.07 Å². The first-order valence-electron chi connectivity index (χ1n) is 9.19. The van der Waals surface area contributed by atoms with Crippen LogP contribution in [0.15, 0.2) is 54.9 Å². The highest BCUT2D eigenvalue weighted by atomic mass is 15.0. The summed E-state index contributed by atoms with van der Waals surface area (Å²) in [6.45, 7) is 9.05. The molecular weight excluding hydrogens is 318 g/mol. The van der Waals surface area contributed by atoms with Gasteiger partial charge in [-0.3, -0.25) is 4.40 Å².